The van der Waals surface area contributed by atoms with Crippen molar-refractivity contribution in [1.29, 1.82) is 0 Å². The lowest BCUT2D eigenvalue weighted by molar-refractivity contribution is 0.0749. The Hall–Kier alpha value is -0.940. The SMILES string of the molecule is CCO[C@@H]1CN[C@@H](c2nc(C)no2)C1. The van der Waals surface area contributed by atoms with Gasteiger partial charge < -0.3 is 14.6 Å². The summed E-state index contributed by atoms with van der Waals surface area (Å²) in [5.41, 5.74) is 0. The molecule has 2 rings (SSSR count). The second-order valence-electron chi connectivity index (χ2n) is 3.45. The van der Waals surface area contributed by atoms with Gasteiger partial charge in [-0.1, -0.05) is 5.16 Å². The fourth-order valence-electron chi connectivity index (χ4n) is 1.71. The molecule has 0 saturated carbocycles. The molecule has 2 heterocycles. The molecule has 1 saturated heterocycles. The van der Waals surface area contributed by atoms with Gasteiger partial charge in [0, 0.05) is 13.2 Å². The van der Waals surface area contributed by atoms with Crippen molar-refractivity contribution in [3.8, 4) is 0 Å². The first kappa shape index (κ1) is 9.61. The predicted molar refractivity (Wildman–Crippen MR) is 49.8 cm³/mol. The Morgan fingerprint density at radius 1 is 1.64 bits per heavy atom. The maximum atomic E-state index is 5.51. The molecule has 0 radical (unpaired) electrons. The number of aryl methyl sites for hydroxylation is 1. The van der Waals surface area contributed by atoms with Gasteiger partial charge >= 0.3 is 0 Å². The van der Waals surface area contributed by atoms with Crippen LogP contribution in [0.4, 0.5) is 0 Å². The summed E-state index contributed by atoms with van der Waals surface area (Å²) in [5, 5.41) is 7.07. The molecule has 2 atom stereocenters. The average molecular weight is 197 g/mol. The third-order valence-corrected chi connectivity index (χ3v) is 2.33. The van der Waals surface area contributed by atoms with Gasteiger partial charge in [0.25, 0.3) is 0 Å². The zero-order chi connectivity index (χ0) is 9.97. The first-order chi connectivity index (χ1) is 6.79. The van der Waals surface area contributed by atoms with Crippen LogP contribution in [-0.4, -0.2) is 29.4 Å². The van der Waals surface area contributed by atoms with E-state index in [0.717, 1.165) is 19.6 Å². The zero-order valence-corrected chi connectivity index (χ0v) is 8.49. The fraction of sp³-hybridized carbons (Fsp3) is 0.778. The molecular weight excluding hydrogens is 182 g/mol. The van der Waals surface area contributed by atoms with Crippen molar-refractivity contribution in [3.63, 3.8) is 0 Å². The number of ether oxygens (including phenoxy) is 1. The highest BCUT2D eigenvalue weighted by Crippen LogP contribution is 2.23. The van der Waals surface area contributed by atoms with E-state index in [0.29, 0.717) is 11.7 Å². The van der Waals surface area contributed by atoms with E-state index in [4.69, 9.17) is 9.26 Å². The summed E-state index contributed by atoms with van der Waals surface area (Å²) in [6, 6.07) is 0.160. The summed E-state index contributed by atoms with van der Waals surface area (Å²) in [6.45, 7) is 5.44. The molecule has 0 spiro atoms. The van der Waals surface area contributed by atoms with Gasteiger partial charge in [0.05, 0.1) is 12.1 Å². The summed E-state index contributed by atoms with van der Waals surface area (Å²) >= 11 is 0. The first-order valence-corrected chi connectivity index (χ1v) is 4.94. The monoisotopic (exact) mass is 197 g/mol. The number of nitrogens with zero attached hydrogens (tertiary/aromatic N) is 2. The largest absolute Gasteiger partial charge is 0.377 e. The van der Waals surface area contributed by atoms with Gasteiger partial charge in [-0.15, -0.1) is 0 Å². The van der Waals surface area contributed by atoms with Gasteiger partial charge in [0.1, 0.15) is 0 Å². The molecule has 5 heteroatoms. The molecule has 1 aromatic rings. The molecule has 1 N–H and O–H groups in total. The van der Waals surface area contributed by atoms with Crippen molar-refractivity contribution < 1.29 is 9.26 Å². The van der Waals surface area contributed by atoms with Crippen LogP contribution in [0.25, 0.3) is 0 Å². The predicted octanol–water partition coefficient (Wildman–Crippen LogP) is 0.818. The first-order valence-electron chi connectivity index (χ1n) is 4.94. The number of aromatic nitrogens is 2. The van der Waals surface area contributed by atoms with Crippen molar-refractivity contribution in [2.24, 2.45) is 0 Å². The number of nitrogens with one attached hydrogen (secondary N) is 1. The molecule has 1 fully saturated rings. The van der Waals surface area contributed by atoms with E-state index in [1.165, 1.54) is 0 Å². The van der Waals surface area contributed by atoms with Crippen LogP contribution in [0.2, 0.25) is 0 Å². The summed E-state index contributed by atoms with van der Waals surface area (Å²) in [7, 11) is 0. The molecule has 1 aliphatic rings. The third-order valence-electron chi connectivity index (χ3n) is 2.33. The van der Waals surface area contributed by atoms with Crippen LogP contribution in [0.15, 0.2) is 4.52 Å². The fourth-order valence-corrected chi connectivity index (χ4v) is 1.71. The van der Waals surface area contributed by atoms with Crippen LogP contribution >= 0.6 is 0 Å². The molecular formula is C9H15N3O2. The Bertz CT molecular complexity index is 300. The minimum absolute atomic E-state index is 0.160. The third kappa shape index (κ3) is 1.93. The molecule has 0 aliphatic carbocycles. The minimum Gasteiger partial charge on any atom is -0.377 e. The Kier molecular flexibility index (Phi) is 2.79. The Morgan fingerprint density at radius 3 is 3.14 bits per heavy atom. The number of rotatable bonds is 3. The maximum Gasteiger partial charge on any atom is 0.243 e. The van der Waals surface area contributed by atoms with Crippen LogP contribution in [-0.2, 0) is 4.74 Å². The lowest BCUT2D eigenvalue weighted by Crippen LogP contribution is -2.17. The summed E-state index contributed by atoms with van der Waals surface area (Å²) in [6.07, 6.45) is 1.19. The van der Waals surface area contributed by atoms with Crippen molar-refractivity contribution in [2.45, 2.75) is 32.4 Å². The van der Waals surface area contributed by atoms with Gasteiger partial charge in [-0.3, -0.25) is 0 Å². The van der Waals surface area contributed by atoms with Gasteiger partial charge in [0.2, 0.25) is 5.89 Å². The highest BCUT2D eigenvalue weighted by Gasteiger charge is 2.29. The van der Waals surface area contributed by atoms with E-state index < -0.39 is 0 Å². The number of hydrogen-bond donors (Lipinski definition) is 1. The van der Waals surface area contributed by atoms with Crippen molar-refractivity contribution in [2.75, 3.05) is 13.2 Å². The molecule has 0 unspecified atom stereocenters. The lowest BCUT2D eigenvalue weighted by atomic mass is 10.2. The highest BCUT2D eigenvalue weighted by atomic mass is 16.5. The Labute approximate surface area is 82.8 Å². The van der Waals surface area contributed by atoms with E-state index >= 15 is 0 Å². The Balaban J connectivity index is 1.95. The molecule has 78 valence electrons. The normalized spacial score (nSPS) is 27.0. The topological polar surface area (TPSA) is 60.2 Å². The molecule has 0 aromatic carbocycles. The zero-order valence-electron chi connectivity index (χ0n) is 8.49. The van der Waals surface area contributed by atoms with Crippen molar-refractivity contribution in [1.82, 2.24) is 15.5 Å². The average Bonchev–Trinajstić information content (AvgIpc) is 2.74. The summed E-state index contributed by atoms with van der Waals surface area (Å²) in [5.74, 6) is 1.35. The molecule has 5 nitrogen and oxygen atoms in total. The van der Waals surface area contributed by atoms with Crippen molar-refractivity contribution in [3.05, 3.63) is 11.7 Å². The smallest absolute Gasteiger partial charge is 0.243 e. The van der Waals surface area contributed by atoms with Gasteiger partial charge in [-0.2, -0.15) is 4.98 Å². The van der Waals surface area contributed by atoms with Crippen LogP contribution in [0.1, 0.15) is 31.1 Å². The van der Waals surface area contributed by atoms with E-state index in [9.17, 15) is 0 Å². The standard InChI is InChI=1S/C9H15N3O2/c1-3-13-7-4-8(10-5-7)9-11-6(2)12-14-9/h7-8,10H,3-5H2,1-2H3/t7-,8+/m0/s1. The minimum atomic E-state index is 0.160. The molecule has 14 heavy (non-hydrogen) atoms. The second-order valence-corrected chi connectivity index (χ2v) is 3.45. The molecule has 0 bridgehead atoms. The molecule has 1 aliphatic heterocycles. The molecule has 1 aromatic heterocycles. The van der Waals surface area contributed by atoms with E-state index in [1.807, 2.05) is 13.8 Å². The van der Waals surface area contributed by atoms with E-state index in [-0.39, 0.29) is 12.1 Å². The van der Waals surface area contributed by atoms with Gasteiger partial charge in [0.15, 0.2) is 5.82 Å². The summed E-state index contributed by atoms with van der Waals surface area (Å²) < 4.78 is 10.6. The van der Waals surface area contributed by atoms with Crippen molar-refractivity contribution >= 4 is 0 Å². The summed E-state index contributed by atoms with van der Waals surface area (Å²) in [4.78, 5) is 4.19. The second kappa shape index (κ2) is 4.06. The quantitative estimate of drug-likeness (QED) is 0.777. The van der Waals surface area contributed by atoms with Crippen LogP contribution in [0.3, 0.4) is 0 Å². The van der Waals surface area contributed by atoms with E-state index in [1.54, 1.807) is 0 Å². The lowest BCUT2D eigenvalue weighted by Gasteiger charge is -2.06. The Morgan fingerprint density at radius 2 is 2.50 bits per heavy atom. The van der Waals surface area contributed by atoms with E-state index in [2.05, 4.69) is 15.5 Å². The van der Waals surface area contributed by atoms with Crippen LogP contribution < -0.4 is 5.32 Å². The maximum absolute atomic E-state index is 5.51. The number of hydrogen-bond acceptors (Lipinski definition) is 5. The van der Waals surface area contributed by atoms with Gasteiger partial charge in [-0.05, 0) is 20.3 Å². The highest BCUT2D eigenvalue weighted by molar-refractivity contribution is 4.96. The van der Waals surface area contributed by atoms with Crippen LogP contribution in [0.5, 0.6) is 0 Å². The van der Waals surface area contributed by atoms with Crippen LogP contribution in [0, 0.1) is 6.92 Å². The van der Waals surface area contributed by atoms with Gasteiger partial charge in [-0.25, -0.2) is 0 Å². The molecule has 0 amide bonds.